The molecule has 13 heteroatoms. The van der Waals surface area contributed by atoms with E-state index in [1.54, 1.807) is 4.90 Å². The van der Waals surface area contributed by atoms with Gasteiger partial charge in [-0.1, -0.05) is 55.8 Å². The molecule has 0 spiro atoms. The zero-order chi connectivity index (χ0) is 26.8. The molecule has 0 aliphatic carbocycles. The van der Waals surface area contributed by atoms with E-state index in [4.69, 9.17) is 27.0 Å². The number of alkyl carbamates (subject to hydrolysis) is 1. The summed E-state index contributed by atoms with van der Waals surface area (Å²) in [6.45, 7) is 6.85. The van der Waals surface area contributed by atoms with Crippen LogP contribution in [0, 0.1) is 0 Å². The molecular formula is C23H33N3O9S. The van der Waals surface area contributed by atoms with Gasteiger partial charge in [-0.25, -0.2) is 9.59 Å². The number of esters is 1. The van der Waals surface area contributed by atoms with E-state index >= 15 is 0 Å². The van der Waals surface area contributed by atoms with E-state index < -0.39 is 34.0 Å². The molecule has 2 aliphatic rings. The fourth-order valence-corrected chi connectivity index (χ4v) is 3.57. The lowest BCUT2D eigenvalue weighted by Gasteiger charge is -2.39. The number of hydrogen-bond acceptors (Lipinski definition) is 8. The fourth-order valence-electron chi connectivity index (χ4n) is 3.57. The maximum absolute atomic E-state index is 13.0. The van der Waals surface area contributed by atoms with Crippen molar-refractivity contribution < 1.29 is 41.4 Å². The number of hydrogen-bond donors (Lipinski definition) is 3. The Balaban J connectivity index is 0.000000830. The number of carbonyl (C=O) groups is 3. The van der Waals surface area contributed by atoms with E-state index in [2.05, 4.69) is 41.4 Å². The molecule has 2 fully saturated rings. The van der Waals surface area contributed by atoms with Crippen LogP contribution in [0.25, 0.3) is 6.08 Å². The summed E-state index contributed by atoms with van der Waals surface area (Å²) in [5.41, 5.74) is -0.522. The van der Waals surface area contributed by atoms with Gasteiger partial charge >= 0.3 is 22.5 Å². The summed E-state index contributed by atoms with van der Waals surface area (Å²) < 4.78 is 41.6. The third-order valence-corrected chi connectivity index (χ3v) is 5.60. The molecule has 2 saturated heterocycles. The quantitative estimate of drug-likeness (QED) is 0.148. The predicted octanol–water partition coefficient (Wildman–Crippen LogP) is 1.40. The van der Waals surface area contributed by atoms with Crippen LogP contribution in [0.1, 0.15) is 32.3 Å². The van der Waals surface area contributed by atoms with Crippen LogP contribution in [0.2, 0.25) is 0 Å². The van der Waals surface area contributed by atoms with E-state index in [-0.39, 0.29) is 12.6 Å². The van der Waals surface area contributed by atoms with Gasteiger partial charge in [-0.15, -0.1) is 0 Å². The largest absolute Gasteiger partial charge is 0.414 e. The molecule has 2 heterocycles. The highest BCUT2D eigenvalue weighted by Gasteiger charge is 2.63. The minimum atomic E-state index is -4.67. The van der Waals surface area contributed by atoms with Gasteiger partial charge in [0.25, 0.3) is 11.5 Å². The first-order valence-electron chi connectivity index (χ1n) is 11.5. The second-order valence-corrected chi connectivity index (χ2v) is 9.32. The smallest absolute Gasteiger partial charge is 0.374 e. The number of piperazine rings is 1. The molecule has 200 valence electrons. The molecule has 1 aromatic carbocycles. The lowest BCUT2D eigenvalue weighted by molar-refractivity contribution is -0.154. The molecule has 0 bridgehead atoms. The van der Waals surface area contributed by atoms with Gasteiger partial charge in [0.05, 0.1) is 6.61 Å². The molecular weight excluding hydrogens is 494 g/mol. The van der Waals surface area contributed by atoms with Crippen LogP contribution < -0.4 is 5.32 Å². The molecule has 2 atom stereocenters. The van der Waals surface area contributed by atoms with E-state index in [0.717, 1.165) is 24.9 Å². The second-order valence-electron chi connectivity index (χ2n) is 8.43. The maximum Gasteiger partial charge on any atom is 0.414 e. The number of amides is 2. The highest BCUT2D eigenvalue weighted by atomic mass is 32.3. The van der Waals surface area contributed by atoms with Crippen LogP contribution in [0.4, 0.5) is 4.79 Å². The predicted molar refractivity (Wildman–Crippen MR) is 130 cm³/mol. The topological polar surface area (TPSA) is 166 Å². The molecule has 1 aromatic rings. The molecule has 2 aliphatic heterocycles. The standard InChI is InChI=1S/C23H31N3O5.H2O4S/c1-3-4-12-24-22(29)31-21(28)23(17-30-23)20(27)26-15-14-25(18(2)16-26)13-8-11-19-9-6-5-7-10-19;1-5(2,3)4/h5-11,18H,3-4,12-17H2,1-2H3,(H,24,29);(H2,1,2,3,4). The van der Waals surface area contributed by atoms with Crippen LogP contribution in [0.3, 0.4) is 0 Å². The Morgan fingerprint density at radius 1 is 1.22 bits per heavy atom. The van der Waals surface area contributed by atoms with E-state index in [1.807, 2.05) is 25.1 Å². The zero-order valence-electron chi connectivity index (χ0n) is 20.3. The summed E-state index contributed by atoms with van der Waals surface area (Å²) in [6, 6.07) is 10.2. The third-order valence-electron chi connectivity index (χ3n) is 5.60. The van der Waals surface area contributed by atoms with Crippen molar-refractivity contribution in [1.82, 2.24) is 15.1 Å². The minimum absolute atomic E-state index is 0.0543. The molecule has 2 amide bonds. The molecule has 12 nitrogen and oxygen atoms in total. The van der Waals surface area contributed by atoms with Crippen LogP contribution in [0.15, 0.2) is 36.4 Å². The van der Waals surface area contributed by atoms with Crippen molar-refractivity contribution in [1.29, 1.82) is 0 Å². The number of ether oxygens (including phenoxy) is 2. The van der Waals surface area contributed by atoms with Crippen LogP contribution >= 0.6 is 0 Å². The summed E-state index contributed by atoms with van der Waals surface area (Å²) in [5, 5.41) is 2.50. The first-order valence-corrected chi connectivity index (χ1v) is 12.9. The molecule has 36 heavy (non-hydrogen) atoms. The number of unbranched alkanes of at least 4 members (excludes halogenated alkanes) is 1. The van der Waals surface area contributed by atoms with Gasteiger partial charge in [0, 0.05) is 38.8 Å². The van der Waals surface area contributed by atoms with Gasteiger partial charge in [0.15, 0.2) is 0 Å². The van der Waals surface area contributed by atoms with Crippen LogP contribution in [-0.4, -0.2) is 96.3 Å². The third kappa shape index (κ3) is 9.66. The van der Waals surface area contributed by atoms with Crippen LogP contribution in [0.5, 0.6) is 0 Å². The molecule has 0 saturated carbocycles. The molecule has 0 aromatic heterocycles. The van der Waals surface area contributed by atoms with Crippen molar-refractivity contribution in [3.63, 3.8) is 0 Å². The number of epoxide rings is 1. The Labute approximate surface area is 210 Å². The number of carbonyl (C=O) groups excluding carboxylic acids is 3. The maximum atomic E-state index is 13.0. The number of nitrogens with one attached hydrogen (secondary N) is 1. The highest BCUT2D eigenvalue weighted by Crippen LogP contribution is 2.32. The van der Waals surface area contributed by atoms with Gasteiger partial charge in [0.2, 0.25) is 0 Å². The van der Waals surface area contributed by atoms with E-state index in [1.165, 1.54) is 0 Å². The highest BCUT2D eigenvalue weighted by molar-refractivity contribution is 7.79. The van der Waals surface area contributed by atoms with Crippen molar-refractivity contribution in [3.05, 3.63) is 42.0 Å². The summed E-state index contributed by atoms with van der Waals surface area (Å²) in [7, 11) is -4.67. The fraction of sp³-hybridized carbons (Fsp3) is 0.522. The number of rotatable bonds is 8. The first kappa shape index (κ1) is 29.4. The van der Waals surface area contributed by atoms with Gasteiger partial charge in [-0.2, -0.15) is 8.42 Å². The molecule has 3 N–H and O–H groups in total. The molecule has 3 rings (SSSR count). The Kier molecular flexibility index (Phi) is 11.0. The monoisotopic (exact) mass is 527 g/mol. The van der Waals surface area contributed by atoms with E-state index in [9.17, 15) is 14.4 Å². The summed E-state index contributed by atoms with van der Waals surface area (Å²) in [4.78, 5) is 41.0. The van der Waals surface area contributed by atoms with Crippen molar-refractivity contribution in [2.75, 3.05) is 39.3 Å². The average Bonchev–Trinajstić information content (AvgIpc) is 3.62. The lowest BCUT2D eigenvalue weighted by atomic mass is 10.1. The average molecular weight is 528 g/mol. The number of benzene rings is 1. The Hall–Kier alpha value is -2.84. The molecule has 2 unspecified atom stereocenters. The Morgan fingerprint density at radius 3 is 2.42 bits per heavy atom. The summed E-state index contributed by atoms with van der Waals surface area (Å²) >= 11 is 0. The molecule has 0 radical (unpaired) electrons. The zero-order valence-corrected chi connectivity index (χ0v) is 21.1. The number of nitrogens with zero attached hydrogens (tertiary/aromatic N) is 2. The Bertz CT molecular complexity index is 1020. The van der Waals surface area contributed by atoms with Gasteiger partial charge in [0.1, 0.15) is 0 Å². The summed E-state index contributed by atoms with van der Waals surface area (Å²) in [5.74, 6) is -1.36. The van der Waals surface area contributed by atoms with Gasteiger partial charge in [-0.3, -0.25) is 18.8 Å². The van der Waals surface area contributed by atoms with Crippen molar-refractivity contribution in [2.45, 2.75) is 38.3 Å². The van der Waals surface area contributed by atoms with Crippen LogP contribution in [-0.2, 0) is 29.5 Å². The SMILES string of the molecule is CCCCNC(=O)OC(=O)C1(C(=O)N2CCN(CC=Cc3ccccc3)C(C)C2)CO1.O=S(=O)(O)O. The van der Waals surface area contributed by atoms with E-state index in [0.29, 0.717) is 26.2 Å². The normalized spacial score (nSPS) is 21.9. The lowest BCUT2D eigenvalue weighted by Crippen LogP contribution is -2.57. The summed E-state index contributed by atoms with van der Waals surface area (Å²) in [6.07, 6.45) is 5.05. The van der Waals surface area contributed by atoms with Crippen molar-refractivity contribution in [2.24, 2.45) is 0 Å². The van der Waals surface area contributed by atoms with Crippen molar-refractivity contribution in [3.8, 4) is 0 Å². The minimum Gasteiger partial charge on any atom is -0.374 e. The first-order chi connectivity index (χ1) is 17.0. The Morgan fingerprint density at radius 2 is 1.86 bits per heavy atom. The van der Waals surface area contributed by atoms with Gasteiger partial charge in [-0.05, 0) is 18.9 Å². The second kappa shape index (κ2) is 13.5. The van der Waals surface area contributed by atoms with Gasteiger partial charge < -0.3 is 19.7 Å². The van der Waals surface area contributed by atoms with Crippen molar-refractivity contribution >= 4 is 34.4 Å².